The van der Waals surface area contributed by atoms with E-state index in [1.54, 1.807) is 0 Å². The Labute approximate surface area is 114 Å². The predicted molar refractivity (Wildman–Crippen MR) is 75.1 cm³/mol. The number of nitrogen functional groups attached to an aromatic ring is 1. The summed E-state index contributed by atoms with van der Waals surface area (Å²) in [6.07, 6.45) is 9.08. The van der Waals surface area contributed by atoms with Crippen LogP contribution in [0.5, 0.6) is 0 Å². The van der Waals surface area contributed by atoms with E-state index in [-0.39, 0.29) is 16.8 Å². The first kappa shape index (κ1) is 14.3. The molecule has 0 saturated heterocycles. The van der Waals surface area contributed by atoms with Gasteiger partial charge < -0.3 is 5.73 Å². The zero-order valence-electron chi connectivity index (χ0n) is 11.0. The molecule has 1 fully saturated rings. The van der Waals surface area contributed by atoms with Gasteiger partial charge in [0.2, 0.25) is 10.0 Å². The van der Waals surface area contributed by atoms with Crippen molar-refractivity contribution in [3.05, 3.63) is 18.3 Å². The van der Waals surface area contributed by atoms with E-state index in [1.807, 2.05) is 0 Å². The fourth-order valence-corrected chi connectivity index (χ4v) is 3.78. The van der Waals surface area contributed by atoms with Gasteiger partial charge in [0.15, 0.2) is 0 Å². The minimum atomic E-state index is -3.48. The summed E-state index contributed by atoms with van der Waals surface area (Å²) in [5.41, 5.74) is 5.53. The van der Waals surface area contributed by atoms with Crippen LogP contribution in [0.25, 0.3) is 0 Å². The molecule has 0 unspecified atom stereocenters. The van der Waals surface area contributed by atoms with Crippen LogP contribution in [-0.4, -0.2) is 19.4 Å². The van der Waals surface area contributed by atoms with Crippen molar-refractivity contribution in [2.75, 3.05) is 5.73 Å². The molecule has 1 aliphatic rings. The van der Waals surface area contributed by atoms with Crippen LogP contribution >= 0.6 is 0 Å². The van der Waals surface area contributed by atoms with Gasteiger partial charge >= 0.3 is 0 Å². The maximum Gasteiger partial charge on any atom is 0.241 e. The first-order chi connectivity index (χ1) is 9.08. The number of nitrogens with one attached hydrogen (secondary N) is 1. The van der Waals surface area contributed by atoms with Crippen molar-refractivity contribution >= 4 is 15.8 Å². The first-order valence-corrected chi connectivity index (χ1v) is 8.30. The monoisotopic (exact) mass is 283 g/mol. The molecule has 2 rings (SSSR count). The second kappa shape index (κ2) is 6.34. The lowest BCUT2D eigenvalue weighted by molar-refractivity contribution is 0.426. The number of hydrogen-bond acceptors (Lipinski definition) is 4. The summed E-state index contributed by atoms with van der Waals surface area (Å²) in [6, 6.07) is 2.91. The molecule has 0 spiro atoms. The fraction of sp³-hybridized carbons (Fsp3) is 0.615. The summed E-state index contributed by atoms with van der Waals surface area (Å²) in [5.74, 6) is 0.223. The Morgan fingerprint density at radius 1 is 1.16 bits per heavy atom. The number of nitrogens with two attached hydrogens (primary N) is 1. The molecule has 0 atom stereocenters. The molecule has 0 aromatic carbocycles. The second-order valence-electron chi connectivity index (χ2n) is 5.08. The van der Waals surface area contributed by atoms with Crippen LogP contribution in [0.4, 0.5) is 5.82 Å². The number of anilines is 1. The summed E-state index contributed by atoms with van der Waals surface area (Å²) in [7, 11) is -3.48. The van der Waals surface area contributed by atoms with Crippen LogP contribution in [0, 0.1) is 0 Å². The van der Waals surface area contributed by atoms with Crippen LogP contribution in [0.2, 0.25) is 0 Å². The molecular formula is C13H21N3O2S. The Kier molecular flexibility index (Phi) is 4.76. The Morgan fingerprint density at radius 2 is 1.79 bits per heavy atom. The number of hydrogen-bond donors (Lipinski definition) is 2. The van der Waals surface area contributed by atoms with Gasteiger partial charge in [0.05, 0.1) is 4.90 Å². The number of nitrogens with zero attached hydrogens (tertiary/aromatic N) is 1. The molecule has 106 valence electrons. The van der Waals surface area contributed by atoms with Crippen molar-refractivity contribution in [3.8, 4) is 0 Å². The highest BCUT2D eigenvalue weighted by atomic mass is 32.2. The summed E-state index contributed by atoms with van der Waals surface area (Å²) in [6.45, 7) is 0. The molecule has 3 N–H and O–H groups in total. The molecule has 0 bridgehead atoms. The fourth-order valence-electron chi connectivity index (χ4n) is 2.46. The molecule has 0 aliphatic heterocycles. The van der Waals surface area contributed by atoms with Crippen LogP contribution in [0.1, 0.15) is 44.9 Å². The number of pyridine rings is 1. The van der Waals surface area contributed by atoms with Gasteiger partial charge in [-0.2, -0.15) is 0 Å². The van der Waals surface area contributed by atoms with Gasteiger partial charge in [-0.3, -0.25) is 0 Å². The first-order valence-electron chi connectivity index (χ1n) is 6.82. The van der Waals surface area contributed by atoms with Gasteiger partial charge in [0.1, 0.15) is 5.82 Å². The van der Waals surface area contributed by atoms with Gasteiger partial charge in [-0.1, -0.05) is 32.1 Å². The molecule has 19 heavy (non-hydrogen) atoms. The van der Waals surface area contributed by atoms with Crippen molar-refractivity contribution in [2.24, 2.45) is 0 Å². The Morgan fingerprint density at radius 3 is 2.42 bits per heavy atom. The smallest absolute Gasteiger partial charge is 0.241 e. The summed E-state index contributed by atoms with van der Waals surface area (Å²) >= 11 is 0. The van der Waals surface area contributed by atoms with Crippen LogP contribution < -0.4 is 10.5 Å². The molecule has 1 aliphatic carbocycles. The highest BCUT2D eigenvalue weighted by Gasteiger charge is 2.20. The second-order valence-corrected chi connectivity index (χ2v) is 6.79. The third-order valence-corrected chi connectivity index (χ3v) is 5.01. The van der Waals surface area contributed by atoms with E-state index in [1.165, 1.54) is 37.6 Å². The van der Waals surface area contributed by atoms with E-state index in [0.29, 0.717) is 0 Å². The third-order valence-electron chi connectivity index (χ3n) is 3.49. The van der Waals surface area contributed by atoms with Crippen molar-refractivity contribution in [2.45, 2.75) is 55.9 Å². The van der Waals surface area contributed by atoms with Gasteiger partial charge in [0.25, 0.3) is 0 Å². The zero-order valence-corrected chi connectivity index (χ0v) is 11.8. The Bertz CT molecular complexity index is 508. The standard InChI is InChI=1S/C13H21N3O2S/c14-13-10-12(8-9-15-13)19(17,18)16-11-6-4-2-1-3-5-7-11/h8-11,16H,1-7H2,(H2,14,15). The van der Waals surface area contributed by atoms with Crippen LogP contribution in [0.3, 0.4) is 0 Å². The average molecular weight is 283 g/mol. The van der Waals surface area contributed by atoms with Gasteiger partial charge in [-0.05, 0) is 18.9 Å². The minimum Gasteiger partial charge on any atom is -0.384 e. The third kappa shape index (κ3) is 4.18. The van der Waals surface area contributed by atoms with Crippen molar-refractivity contribution < 1.29 is 8.42 Å². The molecular weight excluding hydrogens is 262 g/mol. The SMILES string of the molecule is Nc1cc(S(=O)(=O)NC2CCCCCCC2)ccn1. The molecule has 0 radical (unpaired) electrons. The van der Waals surface area contributed by atoms with E-state index in [4.69, 9.17) is 5.73 Å². The lowest BCUT2D eigenvalue weighted by Crippen LogP contribution is -2.35. The number of sulfonamides is 1. The number of aromatic nitrogens is 1. The van der Waals surface area contributed by atoms with Crippen LogP contribution in [0.15, 0.2) is 23.2 Å². The van der Waals surface area contributed by atoms with E-state index < -0.39 is 10.0 Å². The van der Waals surface area contributed by atoms with E-state index in [2.05, 4.69) is 9.71 Å². The largest absolute Gasteiger partial charge is 0.384 e. The minimum absolute atomic E-state index is 0.0414. The Hall–Kier alpha value is -1.14. The predicted octanol–water partition coefficient (Wildman–Crippen LogP) is 2.05. The maximum atomic E-state index is 12.3. The Balaban J connectivity index is 2.07. The van der Waals surface area contributed by atoms with Crippen molar-refractivity contribution in [3.63, 3.8) is 0 Å². The highest BCUT2D eigenvalue weighted by Crippen LogP contribution is 2.19. The molecule has 0 amide bonds. The van der Waals surface area contributed by atoms with Gasteiger partial charge in [-0.15, -0.1) is 0 Å². The summed E-state index contributed by atoms with van der Waals surface area (Å²) < 4.78 is 27.3. The van der Waals surface area contributed by atoms with E-state index in [0.717, 1.165) is 25.7 Å². The molecule has 1 saturated carbocycles. The topological polar surface area (TPSA) is 85.1 Å². The average Bonchev–Trinajstić information content (AvgIpc) is 2.32. The van der Waals surface area contributed by atoms with Crippen molar-refractivity contribution in [1.29, 1.82) is 0 Å². The normalized spacial score (nSPS) is 18.7. The lowest BCUT2D eigenvalue weighted by Gasteiger charge is -2.20. The van der Waals surface area contributed by atoms with Crippen LogP contribution in [-0.2, 0) is 10.0 Å². The lowest BCUT2D eigenvalue weighted by atomic mass is 9.97. The molecule has 1 aromatic heterocycles. The number of rotatable bonds is 3. The highest BCUT2D eigenvalue weighted by molar-refractivity contribution is 7.89. The summed E-state index contributed by atoms with van der Waals surface area (Å²) in [4.78, 5) is 4.01. The summed E-state index contributed by atoms with van der Waals surface area (Å²) in [5, 5.41) is 0. The molecule has 1 heterocycles. The maximum absolute atomic E-state index is 12.3. The van der Waals surface area contributed by atoms with Gasteiger partial charge in [0, 0.05) is 18.3 Å². The molecule has 5 nitrogen and oxygen atoms in total. The van der Waals surface area contributed by atoms with Gasteiger partial charge in [-0.25, -0.2) is 18.1 Å². The van der Waals surface area contributed by atoms with E-state index >= 15 is 0 Å². The zero-order chi connectivity index (χ0) is 13.7. The van der Waals surface area contributed by atoms with E-state index in [9.17, 15) is 8.42 Å². The molecule has 6 heteroatoms. The molecule has 1 aromatic rings. The van der Waals surface area contributed by atoms with Crippen molar-refractivity contribution in [1.82, 2.24) is 9.71 Å². The quantitative estimate of drug-likeness (QED) is 0.889.